The van der Waals surface area contributed by atoms with E-state index in [0.717, 1.165) is 25.7 Å². The molecule has 1 fully saturated rings. The van der Waals surface area contributed by atoms with Crippen LogP contribution >= 0.6 is 0 Å². The van der Waals surface area contributed by atoms with Crippen LogP contribution in [0.1, 0.15) is 129 Å². The fourth-order valence-electron chi connectivity index (χ4n) is 4.00. The topological polar surface area (TPSA) is 145 Å². The van der Waals surface area contributed by atoms with Crippen molar-refractivity contribution >= 4 is 17.8 Å². The number of carboxylic acids is 1. The number of amides is 1. The van der Waals surface area contributed by atoms with E-state index in [0.29, 0.717) is 32.4 Å². The lowest BCUT2D eigenvalue weighted by Crippen LogP contribution is -2.32. The molecule has 1 aliphatic rings. The van der Waals surface area contributed by atoms with Crippen LogP contribution < -0.4 is 16.8 Å². The molecule has 0 radical (unpaired) electrons. The van der Waals surface area contributed by atoms with E-state index in [1.807, 2.05) is 0 Å². The number of aliphatic carboxylic acids is 1. The van der Waals surface area contributed by atoms with E-state index in [2.05, 4.69) is 12.2 Å². The summed E-state index contributed by atoms with van der Waals surface area (Å²) in [6.45, 7) is 3.44. The van der Waals surface area contributed by atoms with Crippen molar-refractivity contribution in [2.24, 2.45) is 11.5 Å². The highest BCUT2D eigenvalue weighted by atomic mass is 16.5. The first-order valence-electron chi connectivity index (χ1n) is 14.1. The molecule has 206 valence electrons. The molecule has 2 atom stereocenters. The molecule has 0 aromatic carbocycles. The van der Waals surface area contributed by atoms with Crippen molar-refractivity contribution in [2.75, 3.05) is 13.2 Å². The first-order valence-corrected chi connectivity index (χ1v) is 14.1. The molecule has 1 unspecified atom stereocenters. The molecule has 1 saturated heterocycles. The lowest BCUT2D eigenvalue weighted by atomic mass is 10.0. The van der Waals surface area contributed by atoms with Gasteiger partial charge in [0.25, 0.3) is 0 Å². The monoisotopic (exact) mass is 499 g/mol. The number of unbranched alkanes of at least 4 members (excludes halogenated alkanes) is 14. The van der Waals surface area contributed by atoms with Gasteiger partial charge in [0.15, 0.2) is 0 Å². The molecular formula is C27H53N3O5. The number of carboxylic acid groups (broad SMARTS) is 1. The molecule has 6 N–H and O–H groups in total. The Balaban J connectivity index is 0.00000106. The van der Waals surface area contributed by atoms with Gasteiger partial charge in [-0.05, 0) is 32.2 Å². The summed E-state index contributed by atoms with van der Waals surface area (Å²) in [7, 11) is 0. The Morgan fingerprint density at radius 3 is 1.83 bits per heavy atom. The molecule has 0 saturated carbocycles. The summed E-state index contributed by atoms with van der Waals surface area (Å²) in [5.74, 6) is -1.36. The molecule has 0 aromatic rings. The molecule has 0 aliphatic carbocycles. The molecule has 1 heterocycles. The summed E-state index contributed by atoms with van der Waals surface area (Å²) in [6.07, 6.45) is 21.9. The Morgan fingerprint density at radius 1 is 0.914 bits per heavy atom. The van der Waals surface area contributed by atoms with Gasteiger partial charge in [0.1, 0.15) is 12.1 Å². The quantitative estimate of drug-likeness (QED) is 0.131. The smallest absolute Gasteiger partial charge is 0.326 e. The van der Waals surface area contributed by atoms with Crippen molar-refractivity contribution in [3.63, 3.8) is 0 Å². The molecule has 8 heteroatoms. The van der Waals surface area contributed by atoms with Crippen molar-refractivity contribution in [3.05, 3.63) is 0 Å². The number of hydrogen-bond donors (Lipinski definition) is 4. The molecular weight excluding hydrogens is 446 g/mol. The Hall–Kier alpha value is -1.67. The molecule has 1 aliphatic heterocycles. The summed E-state index contributed by atoms with van der Waals surface area (Å²) < 4.78 is 5.25. The number of hydrogen-bond acceptors (Lipinski definition) is 6. The van der Waals surface area contributed by atoms with Gasteiger partial charge in [0.05, 0.1) is 6.61 Å². The Bertz CT molecular complexity index is 545. The van der Waals surface area contributed by atoms with Crippen LogP contribution in [-0.2, 0) is 19.1 Å². The van der Waals surface area contributed by atoms with Gasteiger partial charge >= 0.3 is 11.9 Å². The van der Waals surface area contributed by atoms with Crippen LogP contribution in [0.15, 0.2) is 0 Å². The molecule has 0 spiro atoms. The lowest BCUT2D eigenvalue weighted by Gasteiger charge is -2.11. The molecule has 1 rings (SSSR count). The highest BCUT2D eigenvalue weighted by Crippen LogP contribution is 2.13. The maximum absolute atomic E-state index is 11.7. The van der Waals surface area contributed by atoms with Crippen molar-refractivity contribution < 1.29 is 24.2 Å². The fraction of sp³-hybridized carbons (Fsp3) is 0.889. The Morgan fingerprint density at radius 2 is 1.43 bits per heavy atom. The van der Waals surface area contributed by atoms with Crippen LogP contribution in [0.3, 0.4) is 0 Å². The van der Waals surface area contributed by atoms with Crippen LogP contribution in [0.5, 0.6) is 0 Å². The zero-order valence-electron chi connectivity index (χ0n) is 22.2. The van der Waals surface area contributed by atoms with Gasteiger partial charge in [0, 0.05) is 6.42 Å². The molecule has 8 nitrogen and oxygen atoms in total. The minimum atomic E-state index is -0.944. The predicted octanol–water partition coefficient (Wildman–Crippen LogP) is 4.82. The van der Waals surface area contributed by atoms with E-state index in [1.54, 1.807) is 0 Å². The number of carbonyl (C=O) groups excluding carboxylic acids is 2. The van der Waals surface area contributed by atoms with Gasteiger partial charge in [-0.15, -0.1) is 0 Å². The van der Waals surface area contributed by atoms with E-state index < -0.39 is 18.1 Å². The van der Waals surface area contributed by atoms with Gasteiger partial charge in [0.2, 0.25) is 5.91 Å². The third-order valence-corrected chi connectivity index (χ3v) is 6.31. The summed E-state index contributed by atoms with van der Waals surface area (Å²) in [5.41, 5.74) is 11.2. The Kier molecular flexibility index (Phi) is 22.9. The number of nitrogens with two attached hydrogens (primary N) is 2. The third kappa shape index (κ3) is 21.3. The first-order chi connectivity index (χ1) is 16.9. The number of esters is 1. The number of ether oxygens (including phenoxy) is 1. The maximum atomic E-state index is 11.7. The Labute approximate surface area is 213 Å². The summed E-state index contributed by atoms with van der Waals surface area (Å²) in [4.78, 5) is 32.2. The van der Waals surface area contributed by atoms with Crippen LogP contribution in [0.2, 0.25) is 0 Å². The van der Waals surface area contributed by atoms with E-state index >= 15 is 0 Å². The van der Waals surface area contributed by atoms with Crippen LogP contribution in [-0.4, -0.2) is 48.2 Å². The molecule has 0 bridgehead atoms. The SMILES string of the molecule is CCCCCCCCCCCCCCCCOC(=O)[C@@H](N)CCCCN.O=C1CCC(C(=O)O)N1. The summed E-state index contributed by atoms with van der Waals surface area (Å²) >= 11 is 0. The average molecular weight is 500 g/mol. The summed E-state index contributed by atoms with van der Waals surface area (Å²) in [5, 5.41) is 10.6. The fourth-order valence-corrected chi connectivity index (χ4v) is 4.00. The van der Waals surface area contributed by atoms with E-state index in [1.165, 1.54) is 77.0 Å². The zero-order chi connectivity index (χ0) is 26.2. The first kappa shape index (κ1) is 33.3. The van der Waals surface area contributed by atoms with Gasteiger partial charge in [-0.25, -0.2) is 4.79 Å². The maximum Gasteiger partial charge on any atom is 0.326 e. The van der Waals surface area contributed by atoms with Crippen molar-refractivity contribution in [1.82, 2.24) is 5.32 Å². The molecule has 1 amide bonds. The molecule has 35 heavy (non-hydrogen) atoms. The van der Waals surface area contributed by atoms with Gasteiger partial charge in [-0.2, -0.15) is 0 Å². The normalized spacial score (nSPS) is 15.7. The summed E-state index contributed by atoms with van der Waals surface area (Å²) in [6, 6.07) is -1.12. The van der Waals surface area contributed by atoms with Gasteiger partial charge < -0.3 is 26.6 Å². The van der Waals surface area contributed by atoms with Crippen molar-refractivity contribution in [3.8, 4) is 0 Å². The number of carbonyl (C=O) groups is 3. The average Bonchev–Trinajstić information content (AvgIpc) is 3.28. The zero-order valence-corrected chi connectivity index (χ0v) is 22.2. The second-order valence-corrected chi connectivity index (χ2v) is 9.65. The van der Waals surface area contributed by atoms with Gasteiger partial charge in [-0.1, -0.05) is 96.8 Å². The third-order valence-electron chi connectivity index (χ3n) is 6.31. The van der Waals surface area contributed by atoms with Crippen LogP contribution in [0, 0.1) is 0 Å². The standard InChI is InChI=1S/C22H46N2O2.C5H7NO3/c1-2-3-4-5-6-7-8-9-10-11-12-13-14-17-20-26-22(25)21(24)18-15-16-19-23;7-4-2-1-3(6-4)5(8)9/h21H,2-20,23-24H2,1H3;3H,1-2H2,(H,6,7)(H,8,9)/t21-;/m0./s1. The highest BCUT2D eigenvalue weighted by Gasteiger charge is 2.26. The second kappa shape index (κ2) is 24.0. The number of rotatable bonds is 21. The minimum Gasteiger partial charge on any atom is -0.480 e. The minimum absolute atomic E-state index is 0.164. The van der Waals surface area contributed by atoms with E-state index in [4.69, 9.17) is 21.3 Å². The predicted molar refractivity (Wildman–Crippen MR) is 141 cm³/mol. The number of nitrogens with one attached hydrogen (secondary N) is 1. The van der Waals surface area contributed by atoms with Gasteiger partial charge in [-0.3, -0.25) is 9.59 Å². The highest BCUT2D eigenvalue weighted by molar-refractivity contribution is 5.87. The van der Waals surface area contributed by atoms with Crippen molar-refractivity contribution in [1.29, 1.82) is 0 Å². The van der Waals surface area contributed by atoms with E-state index in [9.17, 15) is 14.4 Å². The largest absolute Gasteiger partial charge is 0.480 e. The second-order valence-electron chi connectivity index (χ2n) is 9.65. The van der Waals surface area contributed by atoms with Crippen LogP contribution in [0.4, 0.5) is 0 Å². The van der Waals surface area contributed by atoms with E-state index in [-0.39, 0.29) is 11.9 Å². The van der Waals surface area contributed by atoms with Crippen LogP contribution in [0.25, 0.3) is 0 Å². The van der Waals surface area contributed by atoms with Crippen molar-refractivity contribution in [2.45, 2.75) is 141 Å². The molecule has 0 aromatic heterocycles. The lowest BCUT2D eigenvalue weighted by molar-refractivity contribution is -0.145.